The van der Waals surface area contributed by atoms with Crippen molar-refractivity contribution in [2.45, 2.75) is 59.2 Å². The van der Waals surface area contributed by atoms with Crippen molar-refractivity contribution in [3.63, 3.8) is 0 Å². The number of nitrogens with one attached hydrogen (secondary N) is 2. The fraction of sp³-hybridized carbons (Fsp3) is 0.370. The first-order valence-corrected chi connectivity index (χ1v) is 12.5. The lowest BCUT2D eigenvalue weighted by Crippen LogP contribution is -2.44. The summed E-state index contributed by atoms with van der Waals surface area (Å²) in [6.45, 7) is 11.1. The number of nitrogens with zero attached hydrogens (tertiary/aromatic N) is 4. The number of hydrogen-bond acceptors (Lipinski definition) is 9. The standard InChI is InChI=1S/C27H32N6O6/c1-7-38-25(35)32-22-21(16-31(27(22,5)6)24(34)39-26(2,3)4)23(30-32)29-19-10-8-9-18(15-19)28-17-11-13-20(14-12-17)33(36)37/h8-15,28H,7,16H2,1-6H3,(H,29,30). The Kier molecular flexibility index (Phi) is 7.23. The monoisotopic (exact) mass is 536 g/mol. The molecule has 2 N–H and O–H groups in total. The minimum atomic E-state index is -0.906. The van der Waals surface area contributed by atoms with Gasteiger partial charge in [0, 0.05) is 34.8 Å². The molecule has 39 heavy (non-hydrogen) atoms. The van der Waals surface area contributed by atoms with Gasteiger partial charge in [0.05, 0.1) is 29.3 Å². The number of carbonyl (C=O) groups is 2. The van der Waals surface area contributed by atoms with Gasteiger partial charge in [-0.25, -0.2) is 9.59 Å². The highest BCUT2D eigenvalue weighted by atomic mass is 16.6. The third-order valence-corrected chi connectivity index (χ3v) is 6.10. The summed E-state index contributed by atoms with van der Waals surface area (Å²) < 4.78 is 12.1. The Morgan fingerprint density at radius 3 is 2.28 bits per heavy atom. The molecule has 2 heterocycles. The molecular weight excluding hydrogens is 504 g/mol. The predicted octanol–water partition coefficient (Wildman–Crippen LogP) is 6.27. The molecule has 0 spiro atoms. The number of nitro groups is 1. The zero-order valence-corrected chi connectivity index (χ0v) is 22.8. The van der Waals surface area contributed by atoms with Crippen LogP contribution in [0.5, 0.6) is 0 Å². The van der Waals surface area contributed by atoms with Crippen molar-refractivity contribution in [1.29, 1.82) is 0 Å². The highest BCUT2D eigenvalue weighted by molar-refractivity contribution is 5.78. The van der Waals surface area contributed by atoms with Crippen molar-refractivity contribution >= 4 is 40.8 Å². The molecule has 12 nitrogen and oxygen atoms in total. The molecule has 0 bridgehead atoms. The molecule has 2 aromatic carbocycles. The number of rotatable bonds is 6. The maximum atomic E-state index is 13.1. The minimum Gasteiger partial charge on any atom is -0.448 e. The molecule has 0 fully saturated rings. The van der Waals surface area contributed by atoms with Crippen molar-refractivity contribution in [3.05, 3.63) is 69.9 Å². The van der Waals surface area contributed by atoms with E-state index in [1.807, 2.05) is 38.1 Å². The molecule has 1 amide bonds. The number of carbonyl (C=O) groups excluding carboxylic acids is 2. The van der Waals surface area contributed by atoms with Crippen LogP contribution in [0, 0.1) is 10.1 Å². The SMILES string of the molecule is CCOC(=O)n1nc(Nc2cccc(Nc3ccc([N+](=O)[O-])cc3)c2)c2c1C(C)(C)N(C(=O)OC(C)(C)C)C2. The number of nitro benzene ring substituents is 1. The molecule has 12 heteroatoms. The van der Waals surface area contributed by atoms with E-state index in [1.54, 1.807) is 44.7 Å². The van der Waals surface area contributed by atoms with E-state index >= 15 is 0 Å². The van der Waals surface area contributed by atoms with E-state index in [0.29, 0.717) is 28.5 Å². The van der Waals surface area contributed by atoms with Gasteiger partial charge in [-0.15, -0.1) is 5.10 Å². The van der Waals surface area contributed by atoms with E-state index in [4.69, 9.17) is 9.47 Å². The van der Waals surface area contributed by atoms with Crippen LogP contribution in [0.2, 0.25) is 0 Å². The minimum absolute atomic E-state index is 0.00496. The molecule has 4 rings (SSSR count). The number of non-ortho nitro benzene ring substituents is 1. The molecule has 0 saturated carbocycles. The molecule has 1 aliphatic rings. The van der Waals surface area contributed by atoms with E-state index in [2.05, 4.69) is 15.7 Å². The molecular formula is C27H32N6O6. The van der Waals surface area contributed by atoms with Crippen molar-refractivity contribution in [2.24, 2.45) is 0 Å². The summed E-state index contributed by atoms with van der Waals surface area (Å²) >= 11 is 0. The lowest BCUT2D eigenvalue weighted by Gasteiger charge is -2.34. The summed E-state index contributed by atoms with van der Waals surface area (Å²) in [5, 5.41) is 21.9. The van der Waals surface area contributed by atoms with Crippen LogP contribution in [0.3, 0.4) is 0 Å². The van der Waals surface area contributed by atoms with E-state index in [0.717, 1.165) is 5.69 Å². The molecule has 0 atom stereocenters. The Hall–Kier alpha value is -4.61. The number of fused-ring (bicyclic) bond motifs is 1. The normalized spacial score (nSPS) is 13.9. The zero-order chi connectivity index (χ0) is 28.5. The van der Waals surface area contributed by atoms with E-state index < -0.39 is 28.2 Å². The summed E-state index contributed by atoms with van der Waals surface area (Å²) in [5.74, 6) is 0.407. The van der Waals surface area contributed by atoms with Crippen LogP contribution < -0.4 is 10.6 Å². The fourth-order valence-electron chi connectivity index (χ4n) is 4.38. The molecule has 0 aliphatic carbocycles. The topological polar surface area (TPSA) is 141 Å². The summed E-state index contributed by atoms with van der Waals surface area (Å²) in [7, 11) is 0. The predicted molar refractivity (Wildman–Crippen MR) is 146 cm³/mol. The van der Waals surface area contributed by atoms with Gasteiger partial charge in [-0.1, -0.05) is 6.07 Å². The number of hydrogen-bond donors (Lipinski definition) is 2. The molecule has 0 unspecified atom stereocenters. The Morgan fingerprint density at radius 2 is 1.69 bits per heavy atom. The van der Waals surface area contributed by atoms with Gasteiger partial charge in [0.15, 0.2) is 5.82 Å². The number of amides is 1. The second kappa shape index (κ2) is 10.3. The molecule has 0 saturated heterocycles. The number of ether oxygens (including phenoxy) is 2. The van der Waals surface area contributed by atoms with Crippen LogP contribution in [-0.4, -0.2) is 44.0 Å². The van der Waals surface area contributed by atoms with Crippen LogP contribution >= 0.6 is 0 Å². The lowest BCUT2D eigenvalue weighted by atomic mass is 10.0. The molecule has 3 aromatic rings. The highest BCUT2D eigenvalue weighted by Crippen LogP contribution is 2.43. The molecule has 1 aromatic heterocycles. The average molecular weight is 537 g/mol. The number of benzene rings is 2. The van der Waals surface area contributed by atoms with Crippen molar-refractivity contribution in [2.75, 3.05) is 17.2 Å². The first-order valence-electron chi connectivity index (χ1n) is 12.5. The molecule has 206 valence electrons. The summed E-state index contributed by atoms with van der Waals surface area (Å²) in [6, 6.07) is 13.4. The van der Waals surface area contributed by atoms with Crippen molar-refractivity contribution in [1.82, 2.24) is 14.7 Å². The maximum absolute atomic E-state index is 13.1. The summed E-state index contributed by atoms with van der Waals surface area (Å²) in [5.41, 5.74) is 1.70. The number of aromatic nitrogens is 2. The van der Waals surface area contributed by atoms with Gasteiger partial charge in [0.1, 0.15) is 5.60 Å². The van der Waals surface area contributed by atoms with E-state index in [1.165, 1.54) is 16.8 Å². The lowest BCUT2D eigenvalue weighted by molar-refractivity contribution is -0.384. The van der Waals surface area contributed by atoms with Crippen LogP contribution in [0.1, 0.15) is 52.8 Å². The highest BCUT2D eigenvalue weighted by Gasteiger charge is 2.48. The van der Waals surface area contributed by atoms with Crippen LogP contribution in [-0.2, 0) is 21.6 Å². The fourth-order valence-corrected chi connectivity index (χ4v) is 4.38. The molecule has 1 aliphatic heterocycles. The number of anilines is 4. The Balaban J connectivity index is 1.64. The summed E-state index contributed by atoms with van der Waals surface area (Å²) in [4.78, 5) is 38.0. The summed E-state index contributed by atoms with van der Waals surface area (Å²) in [6.07, 6.45) is -1.14. The van der Waals surface area contributed by atoms with E-state index in [9.17, 15) is 19.7 Å². The Labute approximate surface area is 226 Å². The molecule has 0 radical (unpaired) electrons. The Bertz CT molecular complexity index is 1410. The van der Waals surface area contributed by atoms with Crippen LogP contribution in [0.15, 0.2) is 48.5 Å². The van der Waals surface area contributed by atoms with Gasteiger partial charge in [-0.05, 0) is 71.9 Å². The van der Waals surface area contributed by atoms with Crippen molar-refractivity contribution in [3.8, 4) is 0 Å². The third-order valence-electron chi connectivity index (χ3n) is 6.10. The first-order chi connectivity index (χ1) is 18.3. The van der Waals surface area contributed by atoms with Gasteiger partial charge in [0.25, 0.3) is 5.69 Å². The van der Waals surface area contributed by atoms with Gasteiger partial charge >= 0.3 is 12.2 Å². The van der Waals surface area contributed by atoms with E-state index in [-0.39, 0.29) is 18.8 Å². The van der Waals surface area contributed by atoms with Gasteiger partial charge in [-0.3, -0.25) is 15.0 Å². The van der Waals surface area contributed by atoms with Crippen LogP contribution in [0.25, 0.3) is 0 Å². The average Bonchev–Trinajstić information content (AvgIpc) is 3.34. The quantitative estimate of drug-likeness (QED) is 0.275. The third kappa shape index (κ3) is 5.79. The largest absolute Gasteiger partial charge is 0.448 e. The first kappa shape index (κ1) is 27.4. The Morgan fingerprint density at radius 1 is 1.05 bits per heavy atom. The second-order valence-corrected chi connectivity index (χ2v) is 10.5. The second-order valence-electron chi connectivity index (χ2n) is 10.5. The van der Waals surface area contributed by atoms with Crippen LogP contribution in [0.4, 0.5) is 38.2 Å². The van der Waals surface area contributed by atoms with Crippen molar-refractivity contribution < 1.29 is 24.0 Å². The van der Waals surface area contributed by atoms with Gasteiger partial charge in [0.2, 0.25) is 0 Å². The van der Waals surface area contributed by atoms with Gasteiger partial charge in [-0.2, -0.15) is 4.68 Å². The smallest absolute Gasteiger partial charge is 0.435 e. The van der Waals surface area contributed by atoms with Gasteiger partial charge < -0.3 is 20.1 Å². The zero-order valence-electron chi connectivity index (χ0n) is 22.8. The maximum Gasteiger partial charge on any atom is 0.435 e.